The van der Waals surface area contributed by atoms with Gasteiger partial charge in [-0.25, -0.2) is 4.39 Å². The molecule has 3 N–H and O–H groups in total. The van der Waals surface area contributed by atoms with Crippen LogP contribution in [0.5, 0.6) is 5.75 Å². The molecule has 1 aromatic rings. The second-order valence-corrected chi connectivity index (χ2v) is 3.79. The van der Waals surface area contributed by atoms with Crippen LogP contribution in [-0.2, 0) is 0 Å². The first kappa shape index (κ1) is 17.9. The van der Waals surface area contributed by atoms with E-state index < -0.39 is 30.6 Å². The van der Waals surface area contributed by atoms with Crippen molar-refractivity contribution in [2.45, 2.75) is 24.7 Å². The van der Waals surface area contributed by atoms with Gasteiger partial charge in [0, 0.05) is 12.0 Å². The molecular weight excluding hydrogens is 290 g/mol. The van der Waals surface area contributed by atoms with E-state index in [0.29, 0.717) is 0 Å². The van der Waals surface area contributed by atoms with Crippen LogP contribution in [0.3, 0.4) is 0 Å². The van der Waals surface area contributed by atoms with E-state index in [9.17, 15) is 22.7 Å². The van der Waals surface area contributed by atoms with Crippen LogP contribution in [0.15, 0.2) is 18.2 Å². The molecular formula is C11H14ClF4NO2. The second kappa shape index (κ2) is 6.93. The number of methoxy groups -OCH3 is 1. The van der Waals surface area contributed by atoms with Crippen molar-refractivity contribution in [2.24, 2.45) is 5.73 Å². The van der Waals surface area contributed by atoms with Gasteiger partial charge in [-0.2, -0.15) is 13.2 Å². The third-order valence-electron chi connectivity index (χ3n) is 2.46. The number of aliphatic hydroxyl groups is 1. The van der Waals surface area contributed by atoms with Crippen LogP contribution in [0.1, 0.15) is 18.1 Å². The van der Waals surface area contributed by atoms with Crippen LogP contribution in [0, 0.1) is 5.82 Å². The van der Waals surface area contributed by atoms with E-state index in [0.717, 1.165) is 12.1 Å². The second-order valence-electron chi connectivity index (χ2n) is 3.79. The Bertz CT molecular complexity index is 414. The lowest BCUT2D eigenvalue weighted by Crippen LogP contribution is -2.38. The van der Waals surface area contributed by atoms with E-state index in [1.165, 1.54) is 13.2 Å². The van der Waals surface area contributed by atoms with Gasteiger partial charge in [0.2, 0.25) is 0 Å². The summed E-state index contributed by atoms with van der Waals surface area (Å²) >= 11 is 0. The molecule has 2 atom stereocenters. The average molecular weight is 304 g/mol. The molecule has 0 spiro atoms. The standard InChI is InChI=1S/C11H13F4NO2.ClH/c1-18-6-2-3-8(12)7(4-6)9(17)5-10(16)11(13,14)15;/h2-4,9-10,17H,5,16H2,1H3;1H/t9-,10+;/m1./s1. The molecule has 19 heavy (non-hydrogen) atoms. The Morgan fingerprint density at radius 2 is 1.95 bits per heavy atom. The Balaban J connectivity index is 0.00000324. The van der Waals surface area contributed by atoms with Gasteiger partial charge in [0.1, 0.15) is 17.6 Å². The number of halogens is 5. The molecule has 0 bridgehead atoms. The zero-order valence-corrected chi connectivity index (χ0v) is 10.8. The predicted molar refractivity (Wildman–Crippen MR) is 63.8 cm³/mol. The summed E-state index contributed by atoms with van der Waals surface area (Å²) in [6, 6.07) is 1.24. The van der Waals surface area contributed by atoms with Gasteiger partial charge >= 0.3 is 6.18 Å². The molecule has 1 aromatic carbocycles. The van der Waals surface area contributed by atoms with Crippen LogP contribution in [0.25, 0.3) is 0 Å². The number of benzene rings is 1. The van der Waals surface area contributed by atoms with Crippen molar-refractivity contribution in [3.63, 3.8) is 0 Å². The van der Waals surface area contributed by atoms with Crippen LogP contribution < -0.4 is 10.5 Å². The first-order valence-electron chi connectivity index (χ1n) is 5.09. The van der Waals surface area contributed by atoms with Crippen molar-refractivity contribution in [3.05, 3.63) is 29.6 Å². The number of alkyl halides is 3. The van der Waals surface area contributed by atoms with Crippen molar-refractivity contribution < 1.29 is 27.4 Å². The molecule has 0 aliphatic rings. The Labute approximate surface area is 113 Å². The quantitative estimate of drug-likeness (QED) is 0.841. The monoisotopic (exact) mass is 303 g/mol. The van der Waals surface area contributed by atoms with E-state index in [-0.39, 0.29) is 23.7 Å². The SMILES string of the molecule is COc1ccc(F)c([C@H](O)C[C@H](N)C(F)(F)F)c1.Cl. The summed E-state index contributed by atoms with van der Waals surface area (Å²) in [7, 11) is 1.32. The maximum atomic E-state index is 13.4. The molecule has 0 saturated carbocycles. The minimum absolute atomic E-state index is 0. The van der Waals surface area contributed by atoms with Crippen molar-refractivity contribution in [1.82, 2.24) is 0 Å². The molecule has 1 rings (SSSR count). The van der Waals surface area contributed by atoms with E-state index >= 15 is 0 Å². The van der Waals surface area contributed by atoms with Gasteiger partial charge in [-0.3, -0.25) is 0 Å². The number of hydrogen-bond donors (Lipinski definition) is 2. The highest BCUT2D eigenvalue weighted by Crippen LogP contribution is 2.29. The van der Waals surface area contributed by atoms with Crippen molar-refractivity contribution in [2.75, 3.05) is 7.11 Å². The molecule has 0 aliphatic carbocycles. The van der Waals surface area contributed by atoms with Crippen LogP contribution in [0.2, 0.25) is 0 Å². The third-order valence-corrected chi connectivity index (χ3v) is 2.46. The van der Waals surface area contributed by atoms with Gasteiger partial charge in [-0.15, -0.1) is 12.4 Å². The molecule has 0 amide bonds. The zero-order valence-electron chi connectivity index (χ0n) is 9.95. The molecule has 110 valence electrons. The summed E-state index contributed by atoms with van der Waals surface area (Å²) in [5.41, 5.74) is 4.60. The topological polar surface area (TPSA) is 55.5 Å². The van der Waals surface area contributed by atoms with Crippen molar-refractivity contribution in [3.8, 4) is 5.75 Å². The number of aliphatic hydroxyl groups excluding tert-OH is 1. The van der Waals surface area contributed by atoms with Crippen LogP contribution >= 0.6 is 12.4 Å². The normalized spacial score (nSPS) is 14.5. The fraction of sp³-hybridized carbons (Fsp3) is 0.455. The van der Waals surface area contributed by atoms with Crippen molar-refractivity contribution >= 4 is 12.4 Å². The molecule has 0 saturated heterocycles. The third kappa shape index (κ3) is 4.85. The van der Waals surface area contributed by atoms with Crippen LogP contribution in [0.4, 0.5) is 17.6 Å². The minimum Gasteiger partial charge on any atom is -0.497 e. The lowest BCUT2D eigenvalue weighted by Gasteiger charge is -2.19. The van der Waals surface area contributed by atoms with Crippen LogP contribution in [-0.4, -0.2) is 24.4 Å². The molecule has 0 unspecified atom stereocenters. The largest absolute Gasteiger partial charge is 0.497 e. The highest BCUT2D eigenvalue weighted by molar-refractivity contribution is 5.85. The van der Waals surface area contributed by atoms with Gasteiger partial charge in [-0.05, 0) is 18.2 Å². The highest BCUT2D eigenvalue weighted by Gasteiger charge is 2.38. The molecule has 8 heteroatoms. The summed E-state index contributed by atoms with van der Waals surface area (Å²) in [4.78, 5) is 0. The Morgan fingerprint density at radius 3 is 2.42 bits per heavy atom. The van der Waals surface area contributed by atoms with E-state index in [1.54, 1.807) is 0 Å². The maximum Gasteiger partial charge on any atom is 0.403 e. The molecule has 0 heterocycles. The molecule has 0 aliphatic heterocycles. The Hall–Kier alpha value is -1.05. The molecule has 0 aromatic heterocycles. The summed E-state index contributed by atoms with van der Waals surface area (Å²) in [5, 5.41) is 9.58. The van der Waals surface area contributed by atoms with E-state index in [4.69, 9.17) is 10.5 Å². The molecule has 3 nitrogen and oxygen atoms in total. The van der Waals surface area contributed by atoms with Gasteiger partial charge in [0.25, 0.3) is 0 Å². The average Bonchev–Trinajstić information content (AvgIpc) is 2.28. The number of hydrogen-bond acceptors (Lipinski definition) is 3. The Kier molecular flexibility index (Phi) is 6.54. The highest BCUT2D eigenvalue weighted by atomic mass is 35.5. The van der Waals surface area contributed by atoms with Gasteiger partial charge in [0.05, 0.1) is 13.2 Å². The zero-order chi connectivity index (χ0) is 13.9. The van der Waals surface area contributed by atoms with E-state index in [2.05, 4.69) is 0 Å². The Morgan fingerprint density at radius 1 is 1.37 bits per heavy atom. The smallest absolute Gasteiger partial charge is 0.403 e. The molecule has 0 fully saturated rings. The minimum atomic E-state index is -4.63. The summed E-state index contributed by atoms with van der Waals surface area (Å²) < 4.78 is 54.8. The lowest BCUT2D eigenvalue weighted by atomic mass is 10.0. The van der Waals surface area contributed by atoms with E-state index in [1.807, 2.05) is 0 Å². The number of ether oxygens (including phenoxy) is 1. The molecule has 0 radical (unpaired) electrons. The summed E-state index contributed by atoms with van der Waals surface area (Å²) in [5.74, 6) is -0.566. The summed E-state index contributed by atoms with van der Waals surface area (Å²) in [6.45, 7) is 0. The lowest BCUT2D eigenvalue weighted by molar-refractivity contribution is -0.154. The first-order valence-corrected chi connectivity index (χ1v) is 5.09. The van der Waals surface area contributed by atoms with Gasteiger partial charge in [-0.1, -0.05) is 0 Å². The maximum absolute atomic E-state index is 13.4. The van der Waals surface area contributed by atoms with Gasteiger partial charge in [0.15, 0.2) is 0 Å². The predicted octanol–water partition coefficient (Wildman–Crippen LogP) is 2.57. The summed E-state index contributed by atoms with van der Waals surface area (Å²) in [6.07, 6.45) is -7.08. The number of rotatable bonds is 4. The first-order chi connectivity index (χ1) is 8.25. The fourth-order valence-electron chi connectivity index (χ4n) is 1.41. The van der Waals surface area contributed by atoms with Gasteiger partial charge < -0.3 is 15.6 Å². The fourth-order valence-corrected chi connectivity index (χ4v) is 1.41. The number of nitrogens with two attached hydrogens (primary N) is 1. The van der Waals surface area contributed by atoms with Crippen molar-refractivity contribution in [1.29, 1.82) is 0 Å².